The molecule has 1 amide bonds. The molecule has 0 radical (unpaired) electrons. The standard InChI is InChI=1S/C5H9NO2/c1-4(7)3-6-5(2)8/h3H2,1-2H3,(H,6,8). The van der Waals surface area contributed by atoms with Gasteiger partial charge in [-0.15, -0.1) is 0 Å². The molecule has 0 aromatic carbocycles. The van der Waals surface area contributed by atoms with E-state index in [0.29, 0.717) is 0 Å². The van der Waals surface area contributed by atoms with Crippen molar-refractivity contribution in [3.63, 3.8) is 0 Å². The van der Waals surface area contributed by atoms with Gasteiger partial charge in [0.25, 0.3) is 0 Å². The number of carbonyl (C=O) groups is 2. The number of hydrogen-bond acceptors (Lipinski definition) is 2. The van der Waals surface area contributed by atoms with Crippen molar-refractivity contribution in [2.24, 2.45) is 0 Å². The van der Waals surface area contributed by atoms with Crippen LogP contribution in [0.5, 0.6) is 0 Å². The summed E-state index contributed by atoms with van der Waals surface area (Å²) in [6.07, 6.45) is 0. The van der Waals surface area contributed by atoms with Gasteiger partial charge in [0.2, 0.25) is 5.91 Å². The summed E-state index contributed by atoms with van der Waals surface area (Å²) >= 11 is 0. The van der Waals surface area contributed by atoms with Crippen molar-refractivity contribution < 1.29 is 9.59 Å². The molecule has 0 fully saturated rings. The maximum Gasteiger partial charge on any atom is 0.217 e. The van der Waals surface area contributed by atoms with Crippen molar-refractivity contribution in [1.82, 2.24) is 5.32 Å². The van der Waals surface area contributed by atoms with Crippen LogP contribution in [-0.4, -0.2) is 18.2 Å². The number of amides is 1. The molecule has 0 rings (SSSR count). The Morgan fingerprint density at radius 3 is 2.00 bits per heavy atom. The van der Waals surface area contributed by atoms with Gasteiger partial charge in [0.1, 0.15) is 5.78 Å². The first-order chi connectivity index (χ1) is 3.63. The third-order valence-corrected chi connectivity index (χ3v) is 0.586. The second kappa shape index (κ2) is 3.18. The normalized spacial score (nSPS) is 8.25. The minimum atomic E-state index is -0.166. The molecule has 0 aliphatic heterocycles. The average Bonchev–Trinajstić information content (AvgIpc) is 1.61. The van der Waals surface area contributed by atoms with E-state index < -0.39 is 0 Å². The molecule has 0 saturated heterocycles. The van der Waals surface area contributed by atoms with Gasteiger partial charge in [-0.1, -0.05) is 0 Å². The zero-order chi connectivity index (χ0) is 6.57. The van der Waals surface area contributed by atoms with Crippen LogP contribution in [0.15, 0.2) is 0 Å². The SMILES string of the molecule is CC(=O)CNC(C)=O. The fourth-order valence-electron chi connectivity index (χ4n) is 0.249. The summed E-state index contributed by atoms with van der Waals surface area (Å²) < 4.78 is 0. The van der Waals surface area contributed by atoms with E-state index >= 15 is 0 Å². The van der Waals surface area contributed by atoms with Crippen LogP contribution in [0.1, 0.15) is 13.8 Å². The third kappa shape index (κ3) is 5.14. The van der Waals surface area contributed by atoms with Gasteiger partial charge in [0, 0.05) is 6.92 Å². The first-order valence-corrected chi connectivity index (χ1v) is 2.37. The van der Waals surface area contributed by atoms with E-state index in [1.54, 1.807) is 0 Å². The highest BCUT2D eigenvalue weighted by molar-refractivity contribution is 5.83. The minimum Gasteiger partial charge on any atom is -0.349 e. The fraction of sp³-hybridized carbons (Fsp3) is 0.600. The van der Waals surface area contributed by atoms with Gasteiger partial charge in [-0.25, -0.2) is 0 Å². The topological polar surface area (TPSA) is 46.2 Å². The molecule has 0 aliphatic carbocycles. The van der Waals surface area contributed by atoms with Gasteiger partial charge in [-0.05, 0) is 6.92 Å². The Labute approximate surface area is 48.1 Å². The number of Topliss-reactive ketones (excluding diaryl/α,β-unsaturated/α-hetero) is 1. The molecule has 0 aromatic heterocycles. The van der Waals surface area contributed by atoms with Crippen LogP contribution >= 0.6 is 0 Å². The Morgan fingerprint density at radius 2 is 1.88 bits per heavy atom. The summed E-state index contributed by atoms with van der Waals surface area (Å²) in [5.74, 6) is -0.194. The monoisotopic (exact) mass is 115 g/mol. The van der Waals surface area contributed by atoms with Crippen LogP contribution in [-0.2, 0) is 9.59 Å². The molecule has 1 N–H and O–H groups in total. The summed E-state index contributed by atoms with van der Waals surface area (Å²) in [6.45, 7) is 2.95. The molecule has 8 heavy (non-hydrogen) atoms. The molecule has 0 saturated carbocycles. The first kappa shape index (κ1) is 7.14. The third-order valence-electron chi connectivity index (χ3n) is 0.586. The van der Waals surface area contributed by atoms with Crippen molar-refractivity contribution >= 4 is 11.7 Å². The molecule has 3 heteroatoms. The number of carbonyl (C=O) groups excluding carboxylic acids is 2. The number of hydrogen-bond donors (Lipinski definition) is 1. The highest BCUT2D eigenvalue weighted by Crippen LogP contribution is 1.63. The fourth-order valence-corrected chi connectivity index (χ4v) is 0.249. The van der Waals surface area contributed by atoms with Crippen LogP contribution in [0.25, 0.3) is 0 Å². The number of nitrogens with one attached hydrogen (secondary N) is 1. The van der Waals surface area contributed by atoms with E-state index in [2.05, 4.69) is 5.32 Å². The number of ketones is 1. The van der Waals surface area contributed by atoms with Crippen molar-refractivity contribution in [3.05, 3.63) is 0 Å². The van der Waals surface area contributed by atoms with Crippen LogP contribution in [0.4, 0.5) is 0 Å². The second-order valence-corrected chi connectivity index (χ2v) is 1.61. The average molecular weight is 115 g/mol. The Morgan fingerprint density at radius 1 is 1.38 bits per heavy atom. The quantitative estimate of drug-likeness (QED) is 0.537. The molecule has 3 nitrogen and oxygen atoms in total. The Hall–Kier alpha value is -0.860. The molecule has 0 aromatic rings. The van der Waals surface area contributed by atoms with Crippen LogP contribution in [0.2, 0.25) is 0 Å². The highest BCUT2D eigenvalue weighted by atomic mass is 16.2. The molecule has 0 spiro atoms. The van der Waals surface area contributed by atoms with Crippen LogP contribution in [0, 0.1) is 0 Å². The summed E-state index contributed by atoms with van der Waals surface area (Å²) in [4.78, 5) is 20.2. The van der Waals surface area contributed by atoms with Gasteiger partial charge in [-0.3, -0.25) is 9.59 Å². The van der Waals surface area contributed by atoms with E-state index in [-0.39, 0.29) is 18.2 Å². The van der Waals surface area contributed by atoms with Crippen LogP contribution in [0.3, 0.4) is 0 Å². The van der Waals surface area contributed by atoms with Gasteiger partial charge in [0.15, 0.2) is 0 Å². The van der Waals surface area contributed by atoms with Crippen molar-refractivity contribution in [1.29, 1.82) is 0 Å². The van der Waals surface area contributed by atoms with Gasteiger partial charge < -0.3 is 5.32 Å². The number of rotatable bonds is 2. The van der Waals surface area contributed by atoms with Gasteiger partial charge in [-0.2, -0.15) is 0 Å². The van der Waals surface area contributed by atoms with Crippen molar-refractivity contribution in [2.75, 3.05) is 6.54 Å². The van der Waals surface area contributed by atoms with Gasteiger partial charge >= 0.3 is 0 Å². The zero-order valence-corrected chi connectivity index (χ0v) is 5.02. The Bertz CT molecular complexity index is 95.0. The molecular formula is C5H9NO2. The molecule has 0 unspecified atom stereocenters. The molecule has 0 aliphatic rings. The molecule has 0 bridgehead atoms. The van der Waals surface area contributed by atoms with Gasteiger partial charge in [0.05, 0.1) is 6.54 Å². The first-order valence-electron chi connectivity index (χ1n) is 2.37. The molecular weight excluding hydrogens is 106 g/mol. The minimum absolute atomic E-state index is 0.0276. The maximum atomic E-state index is 10.1. The van der Waals surface area contributed by atoms with E-state index in [0.717, 1.165) is 0 Å². The van der Waals surface area contributed by atoms with E-state index in [1.165, 1.54) is 13.8 Å². The van der Waals surface area contributed by atoms with Crippen LogP contribution < -0.4 is 5.32 Å². The molecule has 0 atom stereocenters. The Kier molecular flexibility index (Phi) is 2.84. The smallest absolute Gasteiger partial charge is 0.217 e. The summed E-state index contributed by atoms with van der Waals surface area (Å²) in [5.41, 5.74) is 0. The van der Waals surface area contributed by atoms with Crippen molar-refractivity contribution in [3.8, 4) is 0 Å². The maximum absolute atomic E-state index is 10.1. The molecule has 46 valence electrons. The Balaban J connectivity index is 3.18. The summed E-state index contributed by atoms with van der Waals surface area (Å²) in [6, 6.07) is 0. The zero-order valence-electron chi connectivity index (χ0n) is 5.02. The second-order valence-electron chi connectivity index (χ2n) is 1.61. The van der Waals surface area contributed by atoms with E-state index in [1.807, 2.05) is 0 Å². The lowest BCUT2D eigenvalue weighted by atomic mass is 10.4. The largest absolute Gasteiger partial charge is 0.349 e. The summed E-state index contributed by atoms with van der Waals surface area (Å²) in [7, 11) is 0. The van der Waals surface area contributed by atoms with E-state index in [4.69, 9.17) is 0 Å². The lowest BCUT2D eigenvalue weighted by Crippen LogP contribution is -2.25. The lowest BCUT2D eigenvalue weighted by Gasteiger charge is -1.93. The predicted molar refractivity (Wildman–Crippen MR) is 29.4 cm³/mol. The lowest BCUT2D eigenvalue weighted by molar-refractivity contribution is -0.123. The molecule has 0 heterocycles. The predicted octanol–water partition coefficient (Wildman–Crippen LogP) is -0.288. The van der Waals surface area contributed by atoms with E-state index in [9.17, 15) is 9.59 Å². The highest BCUT2D eigenvalue weighted by Gasteiger charge is 1.91. The summed E-state index contributed by atoms with van der Waals surface area (Å²) in [5, 5.41) is 2.36. The van der Waals surface area contributed by atoms with Crippen molar-refractivity contribution in [2.45, 2.75) is 13.8 Å².